The highest BCUT2D eigenvalue weighted by atomic mass is 16.5. The maximum absolute atomic E-state index is 12.4. The number of benzene rings is 1. The van der Waals surface area contributed by atoms with E-state index >= 15 is 0 Å². The van der Waals surface area contributed by atoms with E-state index in [-0.39, 0.29) is 11.9 Å². The second-order valence-electron chi connectivity index (χ2n) is 5.56. The summed E-state index contributed by atoms with van der Waals surface area (Å²) in [7, 11) is 0. The van der Waals surface area contributed by atoms with E-state index in [0.717, 1.165) is 43.4 Å². The van der Waals surface area contributed by atoms with Crippen LogP contribution >= 0.6 is 0 Å². The fourth-order valence-electron chi connectivity index (χ4n) is 3.03. The predicted octanol–water partition coefficient (Wildman–Crippen LogP) is 1.90. The van der Waals surface area contributed by atoms with Crippen LogP contribution in [-0.2, 0) is 4.79 Å². The summed E-state index contributed by atoms with van der Waals surface area (Å²) >= 11 is 0. The molecule has 1 heterocycles. The smallest absolute Gasteiger partial charge is 0.240 e. The van der Waals surface area contributed by atoms with Crippen LogP contribution in [0.2, 0.25) is 0 Å². The third kappa shape index (κ3) is 2.32. The molecular formula is C15H20N2O2. The first-order valence-electron chi connectivity index (χ1n) is 7.01. The minimum atomic E-state index is -0.659. The molecule has 1 aliphatic heterocycles. The molecule has 102 valence electrons. The van der Waals surface area contributed by atoms with Crippen molar-refractivity contribution < 1.29 is 9.53 Å². The third-order valence-corrected chi connectivity index (χ3v) is 4.21. The molecule has 1 unspecified atom stereocenters. The van der Waals surface area contributed by atoms with Gasteiger partial charge in [0.1, 0.15) is 5.75 Å². The summed E-state index contributed by atoms with van der Waals surface area (Å²) < 4.78 is 5.60. The van der Waals surface area contributed by atoms with E-state index in [2.05, 4.69) is 5.32 Å². The first-order valence-corrected chi connectivity index (χ1v) is 7.01. The number of ether oxygens (including phenoxy) is 1. The van der Waals surface area contributed by atoms with Crippen molar-refractivity contribution in [1.82, 2.24) is 5.32 Å². The Balaban J connectivity index is 1.76. The van der Waals surface area contributed by atoms with Gasteiger partial charge in [0.15, 0.2) is 0 Å². The average Bonchev–Trinajstić information content (AvgIpc) is 2.87. The van der Waals surface area contributed by atoms with Gasteiger partial charge in [-0.3, -0.25) is 4.79 Å². The lowest BCUT2D eigenvalue weighted by atomic mass is 9.95. The molecule has 1 aromatic rings. The normalized spacial score (nSPS) is 24.4. The molecule has 0 spiro atoms. The van der Waals surface area contributed by atoms with Gasteiger partial charge in [-0.05, 0) is 18.9 Å². The molecule has 0 aromatic heterocycles. The van der Waals surface area contributed by atoms with Crippen molar-refractivity contribution in [3.63, 3.8) is 0 Å². The van der Waals surface area contributed by atoms with Crippen LogP contribution in [0.5, 0.6) is 5.75 Å². The first-order chi connectivity index (χ1) is 9.19. The minimum Gasteiger partial charge on any atom is -0.493 e. The van der Waals surface area contributed by atoms with Crippen LogP contribution in [0.1, 0.15) is 43.7 Å². The highest BCUT2D eigenvalue weighted by molar-refractivity contribution is 5.86. The second kappa shape index (κ2) is 4.85. The molecule has 2 aliphatic rings. The van der Waals surface area contributed by atoms with E-state index in [1.807, 2.05) is 24.3 Å². The van der Waals surface area contributed by atoms with Gasteiger partial charge in [0.05, 0.1) is 18.2 Å². The fraction of sp³-hybridized carbons (Fsp3) is 0.533. The Labute approximate surface area is 113 Å². The molecule has 1 aromatic carbocycles. The SMILES string of the molecule is NC1(C(=O)NC2CCOc3ccccc32)CCCC1. The number of carbonyl (C=O) groups excluding carboxylic acids is 1. The van der Waals surface area contributed by atoms with Crippen molar-refractivity contribution >= 4 is 5.91 Å². The van der Waals surface area contributed by atoms with Gasteiger partial charge in [-0.15, -0.1) is 0 Å². The summed E-state index contributed by atoms with van der Waals surface area (Å²) in [6.07, 6.45) is 4.49. The van der Waals surface area contributed by atoms with Gasteiger partial charge in [0, 0.05) is 12.0 Å². The standard InChI is InChI=1S/C15H20N2O2/c16-15(8-3-4-9-15)14(18)17-12-7-10-19-13-6-2-1-5-11(12)13/h1-2,5-6,12H,3-4,7-10,16H2,(H,17,18). The summed E-state index contributed by atoms with van der Waals surface area (Å²) in [4.78, 5) is 12.4. The summed E-state index contributed by atoms with van der Waals surface area (Å²) in [5, 5.41) is 3.11. The van der Waals surface area contributed by atoms with Crippen LogP contribution < -0.4 is 15.8 Å². The van der Waals surface area contributed by atoms with Gasteiger partial charge in [-0.1, -0.05) is 31.0 Å². The number of hydrogen-bond donors (Lipinski definition) is 2. The van der Waals surface area contributed by atoms with Crippen molar-refractivity contribution in [3.8, 4) is 5.75 Å². The molecule has 19 heavy (non-hydrogen) atoms. The van der Waals surface area contributed by atoms with Crippen LogP contribution in [0.15, 0.2) is 24.3 Å². The lowest BCUT2D eigenvalue weighted by Gasteiger charge is -2.30. The molecule has 1 atom stereocenters. The van der Waals surface area contributed by atoms with Gasteiger partial charge in [0.25, 0.3) is 0 Å². The first kappa shape index (κ1) is 12.5. The van der Waals surface area contributed by atoms with Gasteiger partial charge >= 0.3 is 0 Å². The zero-order chi connectivity index (χ0) is 13.3. The third-order valence-electron chi connectivity index (χ3n) is 4.21. The molecule has 1 amide bonds. The Kier molecular flexibility index (Phi) is 3.19. The number of para-hydroxylation sites is 1. The quantitative estimate of drug-likeness (QED) is 0.853. The number of nitrogens with two attached hydrogens (primary N) is 1. The van der Waals surface area contributed by atoms with Gasteiger partial charge in [0.2, 0.25) is 5.91 Å². The Morgan fingerprint density at radius 1 is 1.32 bits per heavy atom. The van der Waals surface area contributed by atoms with E-state index in [0.29, 0.717) is 6.61 Å². The second-order valence-corrected chi connectivity index (χ2v) is 5.56. The van der Waals surface area contributed by atoms with Crippen molar-refractivity contribution in [2.45, 2.75) is 43.7 Å². The summed E-state index contributed by atoms with van der Waals surface area (Å²) in [6, 6.07) is 7.90. The van der Waals surface area contributed by atoms with E-state index in [1.54, 1.807) is 0 Å². The van der Waals surface area contributed by atoms with Crippen molar-refractivity contribution in [2.24, 2.45) is 5.73 Å². The molecule has 1 aliphatic carbocycles. The van der Waals surface area contributed by atoms with Crippen LogP contribution in [0.25, 0.3) is 0 Å². The number of carbonyl (C=O) groups is 1. The van der Waals surface area contributed by atoms with Crippen molar-refractivity contribution in [3.05, 3.63) is 29.8 Å². The maximum atomic E-state index is 12.4. The molecule has 0 saturated heterocycles. The lowest BCUT2D eigenvalue weighted by Crippen LogP contribution is -2.53. The lowest BCUT2D eigenvalue weighted by molar-refractivity contribution is -0.127. The van der Waals surface area contributed by atoms with Gasteiger partial charge in [-0.2, -0.15) is 0 Å². The average molecular weight is 260 g/mol. The Morgan fingerprint density at radius 2 is 2.05 bits per heavy atom. The zero-order valence-corrected chi connectivity index (χ0v) is 11.0. The van der Waals surface area contributed by atoms with Gasteiger partial charge in [-0.25, -0.2) is 0 Å². The van der Waals surface area contributed by atoms with Crippen LogP contribution in [-0.4, -0.2) is 18.1 Å². The molecule has 3 N–H and O–H groups in total. The molecular weight excluding hydrogens is 240 g/mol. The van der Waals surface area contributed by atoms with E-state index in [4.69, 9.17) is 10.5 Å². The molecule has 1 fully saturated rings. The number of amides is 1. The van der Waals surface area contributed by atoms with Gasteiger partial charge < -0.3 is 15.8 Å². The zero-order valence-electron chi connectivity index (χ0n) is 11.0. The number of rotatable bonds is 2. The highest BCUT2D eigenvalue weighted by Crippen LogP contribution is 2.33. The molecule has 0 radical (unpaired) electrons. The van der Waals surface area contributed by atoms with Crippen molar-refractivity contribution in [1.29, 1.82) is 0 Å². The van der Waals surface area contributed by atoms with Crippen molar-refractivity contribution in [2.75, 3.05) is 6.61 Å². The Bertz CT molecular complexity index is 481. The molecule has 3 rings (SSSR count). The van der Waals surface area contributed by atoms with Crippen LogP contribution in [0.4, 0.5) is 0 Å². The largest absolute Gasteiger partial charge is 0.493 e. The van der Waals surface area contributed by atoms with E-state index in [1.165, 1.54) is 0 Å². The monoisotopic (exact) mass is 260 g/mol. The Morgan fingerprint density at radius 3 is 2.84 bits per heavy atom. The highest BCUT2D eigenvalue weighted by Gasteiger charge is 2.38. The minimum absolute atomic E-state index is 0.00768. The summed E-state index contributed by atoms with van der Waals surface area (Å²) in [5.74, 6) is 0.864. The topological polar surface area (TPSA) is 64.4 Å². The summed E-state index contributed by atoms with van der Waals surface area (Å²) in [6.45, 7) is 0.638. The van der Waals surface area contributed by atoms with Crippen LogP contribution in [0, 0.1) is 0 Å². The number of nitrogens with one attached hydrogen (secondary N) is 1. The van der Waals surface area contributed by atoms with Crippen LogP contribution in [0.3, 0.4) is 0 Å². The number of hydrogen-bond acceptors (Lipinski definition) is 3. The molecule has 4 heteroatoms. The molecule has 0 bridgehead atoms. The molecule has 4 nitrogen and oxygen atoms in total. The molecule has 1 saturated carbocycles. The summed E-state index contributed by atoms with van der Waals surface area (Å²) in [5.41, 5.74) is 6.60. The fourth-order valence-corrected chi connectivity index (χ4v) is 3.03. The maximum Gasteiger partial charge on any atom is 0.240 e. The van der Waals surface area contributed by atoms with E-state index < -0.39 is 5.54 Å². The van der Waals surface area contributed by atoms with E-state index in [9.17, 15) is 4.79 Å². The predicted molar refractivity (Wildman–Crippen MR) is 72.8 cm³/mol. The Hall–Kier alpha value is -1.55. The number of fused-ring (bicyclic) bond motifs is 1.